The average molecular weight is 372 g/mol. The number of hydrogen-bond donors (Lipinski definition) is 1. The van der Waals surface area contributed by atoms with Crippen molar-refractivity contribution in [2.45, 2.75) is 44.0 Å². The summed E-state index contributed by atoms with van der Waals surface area (Å²) in [5.74, 6) is -0.266. The second-order valence-electron chi connectivity index (χ2n) is 6.68. The molecule has 1 atom stereocenters. The molecule has 26 heavy (non-hydrogen) atoms. The Kier molecular flexibility index (Phi) is 5.44. The number of nitrogens with zero attached hydrogens (tertiary/aromatic N) is 1. The maximum atomic E-state index is 13.0. The van der Waals surface area contributed by atoms with Gasteiger partial charge in [0, 0.05) is 12.2 Å². The van der Waals surface area contributed by atoms with Crippen molar-refractivity contribution in [1.29, 1.82) is 0 Å². The van der Waals surface area contributed by atoms with Crippen LogP contribution in [-0.4, -0.2) is 31.2 Å². The Balaban J connectivity index is 1.87. The number of sulfonamides is 1. The van der Waals surface area contributed by atoms with E-state index in [0.717, 1.165) is 29.7 Å². The van der Waals surface area contributed by atoms with Gasteiger partial charge in [-0.15, -0.1) is 0 Å². The molecule has 2 aromatic carbocycles. The van der Waals surface area contributed by atoms with Crippen molar-refractivity contribution >= 4 is 21.6 Å². The Morgan fingerprint density at radius 2 is 1.77 bits per heavy atom. The van der Waals surface area contributed by atoms with E-state index in [4.69, 9.17) is 0 Å². The molecule has 1 aliphatic rings. The molecule has 0 aromatic heterocycles. The van der Waals surface area contributed by atoms with Crippen LogP contribution >= 0.6 is 0 Å². The summed E-state index contributed by atoms with van der Waals surface area (Å²) in [7, 11) is -3.69. The zero-order valence-electron chi connectivity index (χ0n) is 15.1. The first-order chi connectivity index (χ1) is 12.4. The number of carbonyl (C=O) groups is 1. The third-order valence-electron chi connectivity index (χ3n) is 4.97. The van der Waals surface area contributed by atoms with Gasteiger partial charge in [0.25, 0.3) is 0 Å². The van der Waals surface area contributed by atoms with E-state index in [1.165, 1.54) is 4.31 Å². The highest BCUT2D eigenvalue weighted by Crippen LogP contribution is 2.27. The van der Waals surface area contributed by atoms with Crippen molar-refractivity contribution < 1.29 is 13.2 Å². The minimum atomic E-state index is -3.69. The third-order valence-corrected chi connectivity index (χ3v) is 6.89. The zero-order chi connectivity index (χ0) is 18.7. The van der Waals surface area contributed by atoms with Gasteiger partial charge in [0.2, 0.25) is 15.9 Å². The van der Waals surface area contributed by atoms with E-state index in [1.54, 1.807) is 30.3 Å². The summed E-state index contributed by atoms with van der Waals surface area (Å²) in [4.78, 5) is 13.1. The summed E-state index contributed by atoms with van der Waals surface area (Å²) in [5.41, 5.74) is 2.81. The van der Waals surface area contributed by atoms with Gasteiger partial charge in [0.15, 0.2) is 0 Å². The smallest absolute Gasteiger partial charge is 0.243 e. The van der Waals surface area contributed by atoms with Gasteiger partial charge in [0.05, 0.1) is 4.90 Å². The lowest BCUT2D eigenvalue weighted by Gasteiger charge is -2.33. The molecule has 1 heterocycles. The minimum absolute atomic E-state index is 0.228. The van der Waals surface area contributed by atoms with E-state index in [0.29, 0.717) is 13.0 Å². The van der Waals surface area contributed by atoms with Crippen molar-refractivity contribution in [3.05, 3.63) is 59.7 Å². The predicted molar refractivity (Wildman–Crippen MR) is 103 cm³/mol. The Labute approximate surface area is 155 Å². The van der Waals surface area contributed by atoms with Crippen molar-refractivity contribution in [3.8, 4) is 0 Å². The normalized spacial score (nSPS) is 18.5. The van der Waals surface area contributed by atoms with E-state index in [-0.39, 0.29) is 10.8 Å². The van der Waals surface area contributed by atoms with Crippen LogP contribution in [0.25, 0.3) is 0 Å². The van der Waals surface area contributed by atoms with Gasteiger partial charge in [-0.25, -0.2) is 8.42 Å². The lowest BCUT2D eigenvalue weighted by atomic mass is 10.0. The van der Waals surface area contributed by atoms with Gasteiger partial charge < -0.3 is 5.32 Å². The van der Waals surface area contributed by atoms with Crippen LogP contribution in [-0.2, 0) is 14.8 Å². The molecule has 0 bridgehead atoms. The summed E-state index contributed by atoms with van der Waals surface area (Å²) in [6.45, 7) is 4.30. The number of nitrogens with one attached hydrogen (secondary N) is 1. The summed E-state index contributed by atoms with van der Waals surface area (Å²) >= 11 is 0. The molecule has 0 radical (unpaired) electrons. The number of anilines is 1. The lowest BCUT2D eigenvalue weighted by molar-refractivity contribution is -0.120. The van der Waals surface area contributed by atoms with Crippen LogP contribution in [0.4, 0.5) is 5.69 Å². The van der Waals surface area contributed by atoms with Gasteiger partial charge in [-0.2, -0.15) is 4.31 Å². The maximum Gasteiger partial charge on any atom is 0.243 e. The number of hydrogen-bond acceptors (Lipinski definition) is 3. The molecule has 1 N–H and O–H groups in total. The van der Waals surface area contributed by atoms with Crippen LogP contribution < -0.4 is 5.32 Å². The van der Waals surface area contributed by atoms with Crippen LogP contribution in [0.3, 0.4) is 0 Å². The molecule has 1 aliphatic heterocycles. The number of amides is 1. The van der Waals surface area contributed by atoms with Crippen LogP contribution in [0.15, 0.2) is 53.4 Å². The molecule has 5 nitrogen and oxygen atoms in total. The fourth-order valence-electron chi connectivity index (χ4n) is 3.29. The van der Waals surface area contributed by atoms with Gasteiger partial charge in [-0.05, 0) is 56.0 Å². The molecule has 2 aromatic rings. The molecule has 138 valence electrons. The number of benzene rings is 2. The molecule has 1 fully saturated rings. The van der Waals surface area contributed by atoms with Gasteiger partial charge in [-0.3, -0.25) is 4.79 Å². The summed E-state index contributed by atoms with van der Waals surface area (Å²) in [6, 6.07) is 13.3. The number of piperidine rings is 1. The second kappa shape index (κ2) is 7.60. The van der Waals surface area contributed by atoms with Crippen LogP contribution in [0, 0.1) is 13.8 Å². The second-order valence-corrected chi connectivity index (χ2v) is 8.57. The molecular formula is C20H24N2O3S. The Hall–Kier alpha value is -2.18. The highest BCUT2D eigenvalue weighted by Gasteiger charge is 2.37. The van der Waals surface area contributed by atoms with Gasteiger partial charge in [0.1, 0.15) is 6.04 Å². The Bertz CT molecular complexity index is 895. The summed E-state index contributed by atoms with van der Waals surface area (Å²) in [6.07, 6.45) is 2.13. The topological polar surface area (TPSA) is 66.5 Å². The van der Waals surface area contributed by atoms with Crippen LogP contribution in [0.1, 0.15) is 30.4 Å². The van der Waals surface area contributed by atoms with Gasteiger partial charge in [-0.1, -0.05) is 36.8 Å². The quantitative estimate of drug-likeness (QED) is 0.893. The average Bonchev–Trinajstić information content (AvgIpc) is 2.66. The molecule has 3 rings (SSSR count). The van der Waals surface area contributed by atoms with E-state index < -0.39 is 16.1 Å². The fraction of sp³-hybridized carbons (Fsp3) is 0.350. The predicted octanol–water partition coefficient (Wildman–Crippen LogP) is 3.49. The highest BCUT2D eigenvalue weighted by atomic mass is 32.2. The molecule has 0 unspecified atom stereocenters. The van der Waals surface area contributed by atoms with E-state index in [2.05, 4.69) is 5.32 Å². The fourth-order valence-corrected chi connectivity index (χ4v) is 4.96. The monoisotopic (exact) mass is 372 g/mol. The minimum Gasteiger partial charge on any atom is -0.324 e. The molecular weight excluding hydrogens is 348 g/mol. The standard InChI is InChI=1S/C20H24N2O3S/c1-15-9-8-12-18(16(15)2)21-20(23)19-13-6-7-14-22(19)26(24,25)17-10-4-3-5-11-17/h3-5,8-12,19H,6-7,13-14H2,1-2H3,(H,21,23)/t19-/m0/s1. The van der Waals surface area contributed by atoms with Gasteiger partial charge >= 0.3 is 0 Å². The number of carbonyl (C=O) groups excluding carboxylic acids is 1. The molecule has 0 saturated carbocycles. The summed E-state index contributed by atoms with van der Waals surface area (Å²) < 4.78 is 27.4. The molecule has 1 amide bonds. The zero-order valence-corrected chi connectivity index (χ0v) is 15.9. The Morgan fingerprint density at radius 1 is 1.04 bits per heavy atom. The van der Waals surface area contributed by atoms with E-state index in [1.807, 2.05) is 32.0 Å². The molecule has 0 spiro atoms. The first-order valence-electron chi connectivity index (χ1n) is 8.85. The molecule has 1 saturated heterocycles. The van der Waals surface area contributed by atoms with Crippen molar-refractivity contribution in [2.75, 3.05) is 11.9 Å². The SMILES string of the molecule is Cc1cccc(NC(=O)[C@@H]2CCCCN2S(=O)(=O)c2ccccc2)c1C. The first kappa shape index (κ1) is 18.6. The molecule has 6 heteroatoms. The first-order valence-corrected chi connectivity index (χ1v) is 10.3. The Morgan fingerprint density at radius 3 is 2.50 bits per heavy atom. The van der Waals surface area contributed by atoms with Crippen molar-refractivity contribution in [3.63, 3.8) is 0 Å². The number of aryl methyl sites for hydroxylation is 1. The van der Waals surface area contributed by atoms with Crippen molar-refractivity contribution in [2.24, 2.45) is 0 Å². The maximum absolute atomic E-state index is 13.0. The highest BCUT2D eigenvalue weighted by molar-refractivity contribution is 7.89. The van der Waals surface area contributed by atoms with Crippen LogP contribution in [0.5, 0.6) is 0 Å². The third kappa shape index (κ3) is 3.66. The number of rotatable bonds is 4. The van der Waals surface area contributed by atoms with Crippen LogP contribution in [0.2, 0.25) is 0 Å². The van der Waals surface area contributed by atoms with Crippen molar-refractivity contribution in [1.82, 2.24) is 4.31 Å². The van der Waals surface area contributed by atoms with E-state index >= 15 is 0 Å². The largest absolute Gasteiger partial charge is 0.324 e. The lowest BCUT2D eigenvalue weighted by Crippen LogP contribution is -2.49. The van der Waals surface area contributed by atoms with E-state index in [9.17, 15) is 13.2 Å². The molecule has 0 aliphatic carbocycles. The summed E-state index contributed by atoms with van der Waals surface area (Å²) in [5, 5.41) is 2.93.